The van der Waals surface area contributed by atoms with E-state index in [-0.39, 0.29) is 39.1 Å². The molecule has 0 unspecified atom stereocenters. The van der Waals surface area contributed by atoms with E-state index in [1.807, 2.05) is 0 Å². The van der Waals surface area contributed by atoms with Crippen LogP contribution in [0.2, 0.25) is 0 Å². The van der Waals surface area contributed by atoms with E-state index in [0.717, 1.165) is 84.5 Å². The highest BCUT2D eigenvalue weighted by molar-refractivity contribution is 5.85. The number of piperidine rings is 1. The zero-order chi connectivity index (χ0) is 35.3. The second-order valence-corrected chi connectivity index (χ2v) is 21.1. The highest BCUT2D eigenvalue weighted by Gasteiger charge is 2.73. The van der Waals surface area contributed by atoms with Crippen molar-refractivity contribution in [3.8, 4) is 0 Å². The highest BCUT2D eigenvalue weighted by atomic mass is 16.5. The zero-order valence-electron chi connectivity index (χ0n) is 32.9. The molecule has 6 aliphatic carbocycles. The molecule has 1 N–H and O–H groups in total. The summed E-state index contributed by atoms with van der Waals surface area (Å²) in [6, 6.07) is 0. The van der Waals surface area contributed by atoms with Crippen molar-refractivity contribution in [2.45, 2.75) is 150 Å². The van der Waals surface area contributed by atoms with Gasteiger partial charge in [0.25, 0.3) is 0 Å². The Labute approximate surface area is 304 Å². The molecule has 2 heterocycles. The molecule has 50 heavy (non-hydrogen) atoms. The predicted molar refractivity (Wildman–Crippen MR) is 198 cm³/mol. The first-order valence-corrected chi connectivity index (χ1v) is 21.5. The second kappa shape index (κ2) is 12.5. The van der Waals surface area contributed by atoms with Crippen LogP contribution in [0.25, 0.3) is 0 Å². The molecule has 8 fully saturated rings. The lowest BCUT2D eigenvalue weighted by atomic mass is 9.32. The molecule has 2 aliphatic heterocycles. The number of rotatable bonds is 7. The Kier molecular flexibility index (Phi) is 9.03. The molecule has 0 radical (unpaired) electrons. The SMILES string of the molecule is CC1([C@@H]2CC[C@]3(C(=O)N4CCC(C(=O)CCCN5CCOCC5)CC4)CC[C@]4(C)[C@H](CC[C@@H]5[C@@]6(C)CC[C@H](O)C(C)(C)[C@@H]6CC[C@]54C)[C@@H]23)CC1. The third kappa shape index (κ3) is 5.30. The number of carbonyl (C=O) groups excluding carboxylic acids is 2. The van der Waals surface area contributed by atoms with Gasteiger partial charge in [-0.1, -0.05) is 41.5 Å². The molecular weight excluding hydrogens is 620 g/mol. The number of morpholine rings is 1. The summed E-state index contributed by atoms with van der Waals surface area (Å²) < 4.78 is 5.49. The van der Waals surface area contributed by atoms with E-state index < -0.39 is 0 Å². The number of likely N-dealkylation sites (tertiary alicyclic amines) is 1. The van der Waals surface area contributed by atoms with Gasteiger partial charge in [-0.15, -0.1) is 0 Å². The standard InChI is InChI=1S/C44H72N2O4/c1-39(2)34-12-17-43(6)35(41(34,4)16-13-36(39)48)10-9-32-37-31(40(3)19-20-40)11-18-44(37,22-21-42(32,43)5)38(49)46-24-14-30(15-25-46)33(47)8-7-23-45-26-28-50-29-27-45/h30-32,34-37,48H,7-29H2,1-6H3/t31-,32-,34+,35-,36+,37-,41+,42-,43-,44+/m1/s1. The van der Waals surface area contributed by atoms with Gasteiger partial charge in [0.1, 0.15) is 5.78 Å². The summed E-state index contributed by atoms with van der Waals surface area (Å²) in [5.74, 6) is 4.15. The first-order chi connectivity index (χ1) is 23.7. The lowest BCUT2D eigenvalue weighted by molar-refractivity contribution is -0.249. The summed E-state index contributed by atoms with van der Waals surface area (Å²) in [6.07, 6.45) is 17.7. The van der Waals surface area contributed by atoms with E-state index >= 15 is 4.79 Å². The maximum Gasteiger partial charge on any atom is 0.229 e. The van der Waals surface area contributed by atoms with Gasteiger partial charge in [0.05, 0.1) is 24.7 Å². The van der Waals surface area contributed by atoms with Gasteiger partial charge in [-0.05, 0) is 160 Å². The molecule has 8 aliphatic rings. The number of amides is 1. The van der Waals surface area contributed by atoms with Crippen LogP contribution in [0.4, 0.5) is 0 Å². The van der Waals surface area contributed by atoms with E-state index in [4.69, 9.17) is 4.74 Å². The van der Waals surface area contributed by atoms with Crippen molar-refractivity contribution in [1.82, 2.24) is 9.80 Å². The molecule has 10 atom stereocenters. The number of aliphatic hydroxyl groups is 1. The smallest absolute Gasteiger partial charge is 0.229 e. The van der Waals surface area contributed by atoms with Gasteiger partial charge in [0, 0.05) is 38.5 Å². The molecule has 0 aromatic rings. The number of hydrogen-bond donors (Lipinski definition) is 1. The van der Waals surface area contributed by atoms with Crippen molar-refractivity contribution in [3.63, 3.8) is 0 Å². The van der Waals surface area contributed by atoms with Crippen LogP contribution in [-0.2, 0) is 14.3 Å². The molecule has 0 bridgehead atoms. The normalized spacial score (nSPS) is 47.1. The third-order valence-electron chi connectivity index (χ3n) is 19.0. The summed E-state index contributed by atoms with van der Waals surface area (Å²) in [4.78, 5) is 33.2. The number of Topliss-reactive ketones (excluding diaryl/α,β-unsaturated/α-hetero) is 1. The van der Waals surface area contributed by atoms with E-state index in [2.05, 4.69) is 51.3 Å². The number of hydrogen-bond acceptors (Lipinski definition) is 5. The fourth-order valence-corrected chi connectivity index (χ4v) is 15.5. The topological polar surface area (TPSA) is 70.1 Å². The summed E-state index contributed by atoms with van der Waals surface area (Å²) in [7, 11) is 0. The zero-order valence-corrected chi connectivity index (χ0v) is 32.9. The van der Waals surface area contributed by atoms with Gasteiger partial charge in [-0.3, -0.25) is 14.5 Å². The van der Waals surface area contributed by atoms with Gasteiger partial charge in [-0.25, -0.2) is 0 Å². The molecule has 0 aromatic heterocycles. The summed E-state index contributed by atoms with van der Waals surface area (Å²) >= 11 is 0. The van der Waals surface area contributed by atoms with Crippen molar-refractivity contribution >= 4 is 11.7 Å². The van der Waals surface area contributed by atoms with Crippen LogP contribution in [-0.4, -0.2) is 78.6 Å². The summed E-state index contributed by atoms with van der Waals surface area (Å²) in [5, 5.41) is 11.2. The fraction of sp³-hybridized carbons (Fsp3) is 0.955. The molecule has 6 heteroatoms. The van der Waals surface area contributed by atoms with E-state index in [1.54, 1.807) is 0 Å². The largest absolute Gasteiger partial charge is 0.393 e. The average molecular weight is 693 g/mol. The highest BCUT2D eigenvalue weighted by Crippen LogP contribution is 2.79. The molecule has 282 valence electrons. The molecule has 6 saturated carbocycles. The number of aliphatic hydroxyl groups excluding tert-OH is 1. The van der Waals surface area contributed by atoms with Crippen molar-refractivity contribution in [2.75, 3.05) is 45.9 Å². The van der Waals surface area contributed by atoms with Gasteiger partial charge in [0.2, 0.25) is 5.91 Å². The lowest BCUT2D eigenvalue weighted by Crippen LogP contribution is -2.67. The minimum Gasteiger partial charge on any atom is -0.393 e. The monoisotopic (exact) mass is 693 g/mol. The minimum absolute atomic E-state index is 0.0156. The Bertz CT molecular complexity index is 1310. The lowest BCUT2D eigenvalue weighted by Gasteiger charge is -2.73. The van der Waals surface area contributed by atoms with Crippen molar-refractivity contribution in [2.24, 2.45) is 68.0 Å². The maximum atomic E-state index is 15.2. The fourth-order valence-electron chi connectivity index (χ4n) is 15.5. The Morgan fingerprint density at radius 3 is 2.12 bits per heavy atom. The van der Waals surface area contributed by atoms with E-state index in [9.17, 15) is 9.90 Å². The van der Waals surface area contributed by atoms with Crippen LogP contribution in [0.3, 0.4) is 0 Å². The van der Waals surface area contributed by atoms with E-state index in [0.29, 0.717) is 53.1 Å². The molecule has 0 aromatic carbocycles. The number of ketones is 1. The molecule has 0 spiro atoms. The van der Waals surface area contributed by atoms with Crippen LogP contribution in [0.1, 0.15) is 144 Å². The first kappa shape index (κ1) is 36.0. The number of carbonyl (C=O) groups is 2. The van der Waals surface area contributed by atoms with Gasteiger partial charge in [-0.2, -0.15) is 0 Å². The van der Waals surface area contributed by atoms with Crippen molar-refractivity contribution in [1.29, 1.82) is 0 Å². The molecule has 8 rings (SSSR count). The van der Waals surface area contributed by atoms with Crippen molar-refractivity contribution in [3.05, 3.63) is 0 Å². The van der Waals surface area contributed by atoms with Gasteiger partial charge in [0.15, 0.2) is 0 Å². The second-order valence-electron chi connectivity index (χ2n) is 21.1. The Balaban J connectivity index is 0.996. The molecule has 2 saturated heterocycles. The Morgan fingerprint density at radius 2 is 1.42 bits per heavy atom. The van der Waals surface area contributed by atoms with Crippen LogP contribution in [0, 0.1) is 68.0 Å². The molecule has 1 amide bonds. The van der Waals surface area contributed by atoms with E-state index in [1.165, 1.54) is 57.8 Å². The predicted octanol–water partition coefficient (Wildman–Crippen LogP) is 8.15. The Hall–Kier alpha value is -0.980. The van der Waals surface area contributed by atoms with Crippen molar-refractivity contribution < 1.29 is 19.4 Å². The maximum absolute atomic E-state index is 15.2. The summed E-state index contributed by atoms with van der Waals surface area (Å²) in [5.41, 5.74) is 1.04. The number of fused-ring (bicyclic) bond motifs is 7. The molecular formula is C44H72N2O4. The quantitative estimate of drug-likeness (QED) is 0.292. The van der Waals surface area contributed by atoms with Gasteiger partial charge >= 0.3 is 0 Å². The summed E-state index contributed by atoms with van der Waals surface area (Å²) in [6.45, 7) is 21.5. The Morgan fingerprint density at radius 1 is 0.700 bits per heavy atom. The van der Waals surface area contributed by atoms with Crippen LogP contribution in [0.5, 0.6) is 0 Å². The number of ether oxygens (including phenoxy) is 1. The first-order valence-electron chi connectivity index (χ1n) is 21.5. The molecule has 6 nitrogen and oxygen atoms in total. The number of nitrogens with zero attached hydrogens (tertiary/aromatic N) is 2. The van der Waals surface area contributed by atoms with Crippen LogP contribution in [0.15, 0.2) is 0 Å². The van der Waals surface area contributed by atoms with Crippen LogP contribution < -0.4 is 0 Å². The average Bonchev–Trinajstić information content (AvgIpc) is 3.72. The minimum atomic E-state index is -0.198. The van der Waals surface area contributed by atoms with Gasteiger partial charge < -0.3 is 14.7 Å². The van der Waals surface area contributed by atoms with Crippen LogP contribution >= 0.6 is 0 Å². The third-order valence-corrected chi connectivity index (χ3v) is 19.0.